The molecule has 2 aromatic heterocycles. The minimum Gasteiger partial charge on any atom is -0.379 e. The van der Waals surface area contributed by atoms with Crippen molar-refractivity contribution in [2.24, 2.45) is 0 Å². The zero-order chi connectivity index (χ0) is 29.3. The number of aromatic nitrogens is 3. The van der Waals surface area contributed by atoms with Crippen LogP contribution in [0, 0.1) is 0 Å². The SMILES string of the molecule is CCCN(C)S(=O)(=O)NC(=O)c1cc(N2CCC(N3CCOCC3)CC2)c2c(C3CCC3)nn(-c3ccccc3)c2n1. The third kappa shape index (κ3) is 5.77. The van der Waals surface area contributed by atoms with Gasteiger partial charge in [-0.15, -0.1) is 0 Å². The van der Waals surface area contributed by atoms with Crippen LogP contribution < -0.4 is 9.62 Å². The fourth-order valence-electron chi connectivity index (χ4n) is 6.30. The normalized spacial score (nSPS) is 19.4. The van der Waals surface area contributed by atoms with E-state index in [2.05, 4.69) is 14.5 Å². The molecule has 2 saturated heterocycles. The van der Waals surface area contributed by atoms with Crippen LogP contribution in [0.4, 0.5) is 5.69 Å². The van der Waals surface area contributed by atoms with Gasteiger partial charge in [0.2, 0.25) is 0 Å². The fourth-order valence-corrected chi connectivity index (χ4v) is 7.22. The Hall–Kier alpha value is -3.06. The predicted octanol–water partition coefficient (Wildman–Crippen LogP) is 3.31. The van der Waals surface area contributed by atoms with Crippen LogP contribution in [-0.2, 0) is 14.9 Å². The van der Waals surface area contributed by atoms with E-state index in [4.69, 9.17) is 14.8 Å². The number of ether oxygens (including phenoxy) is 1. The Balaban J connectivity index is 1.42. The summed E-state index contributed by atoms with van der Waals surface area (Å²) in [7, 11) is -2.54. The fraction of sp³-hybridized carbons (Fsp3) is 0.567. The van der Waals surface area contributed by atoms with Gasteiger partial charge >= 0.3 is 10.2 Å². The number of carbonyl (C=O) groups is 1. The molecule has 4 heterocycles. The number of rotatable bonds is 9. The lowest BCUT2D eigenvalue weighted by molar-refractivity contribution is 0.0115. The number of para-hydroxylation sites is 1. The van der Waals surface area contributed by atoms with Crippen molar-refractivity contribution in [3.05, 3.63) is 47.8 Å². The number of piperidine rings is 1. The Morgan fingerprint density at radius 3 is 2.43 bits per heavy atom. The van der Waals surface area contributed by atoms with Crippen LogP contribution >= 0.6 is 0 Å². The predicted molar refractivity (Wildman–Crippen MR) is 162 cm³/mol. The highest BCUT2D eigenvalue weighted by Crippen LogP contribution is 2.43. The van der Waals surface area contributed by atoms with Crippen molar-refractivity contribution in [3.63, 3.8) is 0 Å². The Labute approximate surface area is 248 Å². The maximum Gasteiger partial charge on any atom is 0.303 e. The van der Waals surface area contributed by atoms with Crippen molar-refractivity contribution in [3.8, 4) is 5.69 Å². The van der Waals surface area contributed by atoms with Crippen molar-refractivity contribution in [2.75, 3.05) is 57.9 Å². The molecule has 1 aromatic carbocycles. The smallest absolute Gasteiger partial charge is 0.303 e. The molecule has 1 amide bonds. The Morgan fingerprint density at radius 1 is 1.07 bits per heavy atom. The van der Waals surface area contributed by atoms with Crippen molar-refractivity contribution >= 4 is 32.8 Å². The van der Waals surface area contributed by atoms with Crippen molar-refractivity contribution < 1.29 is 17.9 Å². The number of morpholine rings is 1. The number of nitrogens with zero attached hydrogens (tertiary/aromatic N) is 6. The van der Waals surface area contributed by atoms with Gasteiger partial charge < -0.3 is 9.64 Å². The van der Waals surface area contributed by atoms with Gasteiger partial charge in [-0.1, -0.05) is 31.5 Å². The maximum atomic E-state index is 13.5. The topological polar surface area (TPSA) is 113 Å². The van der Waals surface area contributed by atoms with E-state index in [1.807, 2.05) is 41.9 Å². The van der Waals surface area contributed by atoms with Gasteiger partial charge in [0.1, 0.15) is 5.69 Å². The third-order valence-corrected chi connectivity index (χ3v) is 10.4. The van der Waals surface area contributed by atoms with Crippen molar-refractivity contribution in [1.82, 2.24) is 28.7 Å². The molecule has 226 valence electrons. The number of benzene rings is 1. The lowest BCUT2D eigenvalue weighted by atomic mass is 9.82. The number of nitrogens with one attached hydrogen (secondary N) is 1. The molecule has 0 atom stereocenters. The molecule has 0 unspecified atom stereocenters. The maximum absolute atomic E-state index is 13.5. The molecule has 3 aliphatic rings. The average Bonchev–Trinajstić information content (AvgIpc) is 3.35. The molecular formula is C30H41N7O4S. The molecule has 6 rings (SSSR count). The monoisotopic (exact) mass is 595 g/mol. The summed E-state index contributed by atoms with van der Waals surface area (Å²) in [6, 6.07) is 12.1. The van der Waals surface area contributed by atoms with E-state index in [1.54, 1.807) is 6.07 Å². The molecule has 1 aliphatic carbocycles. The summed E-state index contributed by atoms with van der Waals surface area (Å²) in [5, 5.41) is 6.07. The highest BCUT2D eigenvalue weighted by Gasteiger charge is 2.33. The quantitative estimate of drug-likeness (QED) is 0.401. The zero-order valence-electron chi connectivity index (χ0n) is 24.5. The Bertz CT molecular complexity index is 1510. The van der Waals surface area contributed by atoms with Crippen LogP contribution in [0.3, 0.4) is 0 Å². The minimum atomic E-state index is -4.00. The largest absolute Gasteiger partial charge is 0.379 e. The van der Waals surface area contributed by atoms with E-state index in [0.717, 1.165) is 91.8 Å². The molecule has 12 heteroatoms. The summed E-state index contributed by atoms with van der Waals surface area (Å²) in [6.07, 6.45) is 5.97. The van der Waals surface area contributed by atoms with Gasteiger partial charge in [-0.2, -0.15) is 17.8 Å². The van der Waals surface area contributed by atoms with Gasteiger partial charge in [-0.3, -0.25) is 9.69 Å². The summed E-state index contributed by atoms with van der Waals surface area (Å²) < 4.78 is 36.6. The van der Waals surface area contributed by atoms with Crippen molar-refractivity contribution in [1.29, 1.82) is 0 Å². The lowest BCUT2D eigenvalue weighted by Gasteiger charge is -2.41. The first-order chi connectivity index (χ1) is 20.4. The molecule has 3 aromatic rings. The van der Waals surface area contributed by atoms with E-state index in [0.29, 0.717) is 30.6 Å². The minimum absolute atomic E-state index is 0.0681. The second-order valence-corrected chi connectivity index (χ2v) is 13.4. The number of amides is 1. The number of anilines is 1. The lowest BCUT2D eigenvalue weighted by Crippen LogP contribution is -2.49. The van der Waals surface area contributed by atoms with Crippen LogP contribution in [-0.4, -0.2) is 97.3 Å². The standard InChI is InChI=1S/C30H41N7O4S/c1-3-14-34(2)42(39,40)33-30(38)25-21-26(36-15-12-23(13-16-36)35-17-19-41-20-18-35)27-28(22-8-7-9-22)32-37(29(27)31-25)24-10-5-4-6-11-24/h4-6,10-11,21-23H,3,7-9,12-20H2,1-2H3,(H,33,38). The highest BCUT2D eigenvalue weighted by atomic mass is 32.2. The number of pyridine rings is 1. The highest BCUT2D eigenvalue weighted by molar-refractivity contribution is 7.87. The van der Waals surface area contributed by atoms with E-state index < -0.39 is 16.1 Å². The summed E-state index contributed by atoms with van der Waals surface area (Å²) in [4.78, 5) is 23.2. The first kappa shape index (κ1) is 29.0. The van der Waals surface area contributed by atoms with Crippen LogP contribution in [0.15, 0.2) is 36.4 Å². The molecule has 3 fully saturated rings. The van der Waals surface area contributed by atoms with E-state index >= 15 is 0 Å². The van der Waals surface area contributed by atoms with Crippen molar-refractivity contribution in [2.45, 2.75) is 57.4 Å². The Kier molecular flexibility index (Phi) is 8.49. The molecule has 2 aliphatic heterocycles. The molecule has 0 spiro atoms. The second-order valence-electron chi connectivity index (χ2n) is 11.6. The number of hydrogen-bond acceptors (Lipinski definition) is 8. The van der Waals surface area contributed by atoms with Gasteiger partial charge in [-0.25, -0.2) is 14.4 Å². The van der Waals surface area contributed by atoms with Crippen LogP contribution in [0.5, 0.6) is 0 Å². The van der Waals surface area contributed by atoms with E-state index in [-0.39, 0.29) is 5.69 Å². The molecule has 0 radical (unpaired) electrons. The third-order valence-electron chi connectivity index (χ3n) is 8.91. The second kappa shape index (κ2) is 12.3. The molecule has 42 heavy (non-hydrogen) atoms. The molecule has 1 N–H and O–H groups in total. The van der Waals surface area contributed by atoms with Gasteiger partial charge in [0.25, 0.3) is 5.91 Å². The molecule has 11 nitrogen and oxygen atoms in total. The van der Waals surface area contributed by atoms with Gasteiger partial charge in [0.15, 0.2) is 5.65 Å². The van der Waals surface area contributed by atoms with E-state index in [9.17, 15) is 13.2 Å². The van der Waals surface area contributed by atoms with Crippen LogP contribution in [0.1, 0.15) is 67.5 Å². The number of carbonyl (C=O) groups excluding carboxylic acids is 1. The summed E-state index contributed by atoms with van der Waals surface area (Å²) in [5.41, 5.74) is 3.43. The average molecular weight is 596 g/mol. The molecule has 0 bridgehead atoms. The first-order valence-electron chi connectivity index (χ1n) is 15.2. The molecular weight excluding hydrogens is 554 g/mol. The summed E-state index contributed by atoms with van der Waals surface area (Å²) in [6.45, 7) is 7.36. The molecule has 1 saturated carbocycles. The summed E-state index contributed by atoms with van der Waals surface area (Å²) in [5.74, 6) is -0.401. The number of hydrogen-bond donors (Lipinski definition) is 1. The van der Waals surface area contributed by atoms with E-state index in [1.165, 1.54) is 13.5 Å². The van der Waals surface area contributed by atoms with Gasteiger partial charge in [0, 0.05) is 51.7 Å². The first-order valence-corrected chi connectivity index (χ1v) is 16.6. The zero-order valence-corrected chi connectivity index (χ0v) is 25.4. The number of fused-ring (bicyclic) bond motifs is 1. The van der Waals surface area contributed by atoms with Gasteiger partial charge in [-0.05, 0) is 50.3 Å². The van der Waals surface area contributed by atoms with Crippen LogP contribution in [0.25, 0.3) is 16.7 Å². The Morgan fingerprint density at radius 2 is 1.79 bits per heavy atom. The van der Waals surface area contributed by atoms with Gasteiger partial charge in [0.05, 0.1) is 35.7 Å². The van der Waals surface area contributed by atoms with Crippen LogP contribution in [0.2, 0.25) is 0 Å². The summed E-state index contributed by atoms with van der Waals surface area (Å²) >= 11 is 0.